The van der Waals surface area contributed by atoms with Crippen LogP contribution in [0.4, 0.5) is 0 Å². The van der Waals surface area contributed by atoms with Crippen LogP contribution in [0.5, 0.6) is 0 Å². The van der Waals surface area contributed by atoms with Crippen molar-refractivity contribution >= 4 is 11.8 Å². The van der Waals surface area contributed by atoms with E-state index in [1.54, 1.807) is 6.20 Å². The fourth-order valence-electron chi connectivity index (χ4n) is 4.08. The molecule has 2 fully saturated rings. The van der Waals surface area contributed by atoms with Crippen LogP contribution in [0.2, 0.25) is 0 Å². The molecule has 0 aromatic carbocycles. The first kappa shape index (κ1) is 16.0. The molecule has 3 rings (SSSR count). The molecule has 6 nitrogen and oxygen atoms in total. The molecule has 2 aliphatic rings. The molecule has 1 atom stereocenters. The Hall–Kier alpha value is -1.85. The summed E-state index contributed by atoms with van der Waals surface area (Å²) in [6.45, 7) is 3.02. The summed E-state index contributed by atoms with van der Waals surface area (Å²) in [5, 5.41) is 7.26. The van der Waals surface area contributed by atoms with E-state index < -0.39 is 5.54 Å². The largest absolute Gasteiger partial charge is 0.342 e. The number of amides is 2. The van der Waals surface area contributed by atoms with Crippen molar-refractivity contribution in [3.05, 3.63) is 18.5 Å². The molecule has 1 aliphatic heterocycles. The highest BCUT2D eigenvalue weighted by Gasteiger charge is 2.45. The van der Waals surface area contributed by atoms with Crippen LogP contribution in [-0.4, -0.2) is 44.6 Å². The van der Waals surface area contributed by atoms with Gasteiger partial charge in [0.1, 0.15) is 5.54 Å². The number of hydrogen-bond donors (Lipinski definition) is 1. The summed E-state index contributed by atoms with van der Waals surface area (Å²) in [6, 6.07) is 2.08. The summed E-state index contributed by atoms with van der Waals surface area (Å²) >= 11 is 0. The molecule has 2 heterocycles. The van der Waals surface area contributed by atoms with Crippen molar-refractivity contribution in [2.75, 3.05) is 6.54 Å². The number of rotatable bonds is 4. The maximum Gasteiger partial charge on any atom is 0.248 e. The normalized spacial score (nSPS) is 23.7. The highest BCUT2D eigenvalue weighted by atomic mass is 16.2. The zero-order valence-electron chi connectivity index (χ0n) is 13.8. The summed E-state index contributed by atoms with van der Waals surface area (Å²) in [5.41, 5.74) is -0.684. The Morgan fingerprint density at radius 3 is 2.70 bits per heavy atom. The molecule has 6 heteroatoms. The summed E-state index contributed by atoms with van der Waals surface area (Å²) in [5.74, 6) is 0.00475. The smallest absolute Gasteiger partial charge is 0.248 e. The lowest BCUT2D eigenvalue weighted by Crippen LogP contribution is -2.61. The van der Waals surface area contributed by atoms with Gasteiger partial charge in [0.25, 0.3) is 0 Å². The molecule has 1 aromatic heterocycles. The first-order valence-corrected chi connectivity index (χ1v) is 8.68. The van der Waals surface area contributed by atoms with E-state index in [1.165, 1.54) is 6.92 Å². The molecule has 0 radical (unpaired) electrons. The van der Waals surface area contributed by atoms with Crippen molar-refractivity contribution < 1.29 is 9.59 Å². The van der Waals surface area contributed by atoms with Crippen molar-refractivity contribution in [3.63, 3.8) is 0 Å². The van der Waals surface area contributed by atoms with Crippen LogP contribution in [0.3, 0.4) is 0 Å². The van der Waals surface area contributed by atoms with E-state index in [4.69, 9.17) is 0 Å². The molecule has 1 aromatic rings. The molecule has 1 saturated heterocycles. The Kier molecular flexibility index (Phi) is 4.68. The zero-order valence-corrected chi connectivity index (χ0v) is 13.8. The fraction of sp³-hybridized carbons (Fsp3) is 0.706. The lowest BCUT2D eigenvalue weighted by atomic mass is 9.80. The van der Waals surface area contributed by atoms with Crippen LogP contribution in [0.1, 0.15) is 51.9 Å². The van der Waals surface area contributed by atoms with Crippen molar-refractivity contribution in [1.29, 1.82) is 0 Å². The number of carbonyl (C=O) groups is 2. The lowest BCUT2D eigenvalue weighted by molar-refractivity contribution is -0.144. The van der Waals surface area contributed by atoms with Gasteiger partial charge in [-0.2, -0.15) is 5.10 Å². The predicted molar refractivity (Wildman–Crippen MR) is 86.6 cm³/mol. The Balaban J connectivity index is 1.76. The van der Waals surface area contributed by atoms with E-state index in [2.05, 4.69) is 10.4 Å². The first-order valence-electron chi connectivity index (χ1n) is 8.68. The Morgan fingerprint density at radius 2 is 2.04 bits per heavy atom. The van der Waals surface area contributed by atoms with Crippen molar-refractivity contribution in [2.24, 2.45) is 0 Å². The van der Waals surface area contributed by atoms with E-state index in [-0.39, 0.29) is 17.9 Å². The van der Waals surface area contributed by atoms with E-state index in [9.17, 15) is 9.59 Å². The summed E-state index contributed by atoms with van der Waals surface area (Å²) in [6.07, 6.45) is 10.4. The van der Waals surface area contributed by atoms with Crippen LogP contribution >= 0.6 is 0 Å². The van der Waals surface area contributed by atoms with Crippen LogP contribution in [0.25, 0.3) is 0 Å². The molecular weight excluding hydrogens is 292 g/mol. The second kappa shape index (κ2) is 6.72. The fourth-order valence-corrected chi connectivity index (χ4v) is 4.08. The number of carbonyl (C=O) groups excluding carboxylic acids is 2. The molecule has 2 amide bonds. The van der Waals surface area contributed by atoms with Gasteiger partial charge in [-0.25, -0.2) is 0 Å². The van der Waals surface area contributed by atoms with Gasteiger partial charge in [-0.15, -0.1) is 0 Å². The number of hydrogen-bond acceptors (Lipinski definition) is 3. The third-order valence-corrected chi connectivity index (χ3v) is 5.13. The highest BCUT2D eigenvalue weighted by molar-refractivity contribution is 5.91. The van der Waals surface area contributed by atoms with Gasteiger partial charge in [0.15, 0.2) is 0 Å². The predicted octanol–water partition coefficient (Wildman–Crippen LogP) is 1.71. The molecule has 0 spiro atoms. The standard InChI is InChI=1S/C17H26N4O2/c1-14(22)19-17(8-3-2-4-9-17)16(23)21-12-5-7-15(21)13-20-11-6-10-18-20/h6,10-11,15H,2-5,7-9,12-13H2,1H3,(H,19,22)/t15-/m0/s1. The summed E-state index contributed by atoms with van der Waals surface area (Å²) in [4.78, 5) is 26.9. The molecule has 1 saturated carbocycles. The maximum absolute atomic E-state index is 13.3. The van der Waals surface area contributed by atoms with Gasteiger partial charge in [-0.05, 0) is 31.7 Å². The highest BCUT2D eigenvalue weighted by Crippen LogP contribution is 2.33. The molecule has 23 heavy (non-hydrogen) atoms. The average molecular weight is 318 g/mol. The number of nitrogens with zero attached hydrogens (tertiary/aromatic N) is 3. The minimum Gasteiger partial charge on any atom is -0.342 e. The van der Waals surface area contributed by atoms with Crippen LogP contribution in [0, 0.1) is 0 Å². The SMILES string of the molecule is CC(=O)NC1(C(=O)N2CCC[C@H]2Cn2cccn2)CCCCC1. The average Bonchev–Trinajstić information content (AvgIpc) is 3.19. The summed E-state index contributed by atoms with van der Waals surface area (Å²) < 4.78 is 1.89. The topological polar surface area (TPSA) is 67.2 Å². The Labute approximate surface area is 137 Å². The van der Waals surface area contributed by atoms with E-state index in [1.807, 2.05) is 21.8 Å². The number of aromatic nitrogens is 2. The third kappa shape index (κ3) is 3.41. The second-order valence-electron chi connectivity index (χ2n) is 6.85. The minimum absolute atomic E-state index is 0.108. The van der Waals surface area contributed by atoms with Gasteiger partial charge in [0.05, 0.1) is 12.6 Å². The first-order chi connectivity index (χ1) is 11.1. The molecule has 1 aliphatic carbocycles. The molecule has 1 N–H and O–H groups in total. The summed E-state index contributed by atoms with van der Waals surface area (Å²) in [7, 11) is 0. The van der Waals surface area contributed by atoms with Crippen molar-refractivity contribution in [3.8, 4) is 0 Å². The van der Waals surface area contributed by atoms with Crippen LogP contribution in [0.15, 0.2) is 18.5 Å². The van der Waals surface area contributed by atoms with Crippen molar-refractivity contribution in [1.82, 2.24) is 20.0 Å². The number of nitrogens with one attached hydrogen (secondary N) is 1. The van der Waals surface area contributed by atoms with Crippen LogP contribution in [-0.2, 0) is 16.1 Å². The van der Waals surface area contributed by atoms with Gasteiger partial charge in [-0.3, -0.25) is 14.3 Å². The van der Waals surface area contributed by atoms with Crippen molar-refractivity contribution in [2.45, 2.75) is 70.0 Å². The Morgan fingerprint density at radius 1 is 1.26 bits per heavy atom. The molecule has 126 valence electrons. The maximum atomic E-state index is 13.3. The lowest BCUT2D eigenvalue weighted by Gasteiger charge is -2.40. The van der Waals surface area contributed by atoms with Crippen LogP contribution < -0.4 is 5.32 Å². The zero-order chi connectivity index (χ0) is 16.3. The molecule has 0 unspecified atom stereocenters. The van der Waals surface area contributed by atoms with E-state index >= 15 is 0 Å². The van der Waals surface area contributed by atoms with Gasteiger partial charge in [0, 0.05) is 25.9 Å². The minimum atomic E-state index is -0.684. The third-order valence-electron chi connectivity index (χ3n) is 5.13. The molecular formula is C17H26N4O2. The van der Waals surface area contributed by atoms with E-state index in [0.29, 0.717) is 0 Å². The van der Waals surface area contributed by atoms with Gasteiger partial charge >= 0.3 is 0 Å². The van der Waals surface area contributed by atoms with E-state index in [0.717, 1.165) is 58.0 Å². The second-order valence-corrected chi connectivity index (χ2v) is 6.85. The van der Waals surface area contributed by atoms with Gasteiger partial charge in [-0.1, -0.05) is 19.3 Å². The van der Waals surface area contributed by atoms with Gasteiger partial charge < -0.3 is 10.2 Å². The quantitative estimate of drug-likeness (QED) is 0.919. The monoisotopic (exact) mass is 318 g/mol. The molecule has 0 bridgehead atoms. The Bertz CT molecular complexity index is 549. The van der Waals surface area contributed by atoms with Gasteiger partial charge in [0.2, 0.25) is 11.8 Å². The number of likely N-dealkylation sites (tertiary alicyclic amines) is 1.